The van der Waals surface area contributed by atoms with Crippen molar-refractivity contribution < 1.29 is 9.53 Å². The Morgan fingerprint density at radius 2 is 1.94 bits per heavy atom. The number of rotatable bonds is 5. The molecule has 3 nitrogen and oxygen atoms in total. The molecule has 2 aromatic rings. The molecule has 0 saturated carbocycles. The normalized spacial score (nSPS) is 10.3. The number of carbonyl (C=O) groups is 1. The number of nitrogens with one attached hydrogen (secondary N) is 1. The number of fused-ring (bicyclic) bond motifs is 1. The average molecular weight is 264 g/mol. The maximum atomic E-state index is 10.9. The molecule has 94 valence electrons. The van der Waals surface area contributed by atoms with E-state index in [0.29, 0.717) is 13.2 Å². The van der Waals surface area contributed by atoms with Gasteiger partial charge in [0.15, 0.2) is 0 Å². The molecule has 0 fully saturated rings. The molecule has 0 saturated heterocycles. The Balaban J connectivity index is 1.90. The third-order valence-electron chi connectivity index (χ3n) is 2.54. The van der Waals surface area contributed by atoms with Crippen molar-refractivity contribution in [3.63, 3.8) is 0 Å². The van der Waals surface area contributed by atoms with Gasteiger partial charge in [0, 0.05) is 0 Å². The van der Waals surface area contributed by atoms with E-state index in [-0.39, 0.29) is 11.8 Å². The highest BCUT2D eigenvalue weighted by molar-refractivity contribution is 6.27. The molecule has 4 heteroatoms. The summed E-state index contributed by atoms with van der Waals surface area (Å²) in [4.78, 5) is 10.9. The molecule has 18 heavy (non-hydrogen) atoms. The first-order valence-corrected chi connectivity index (χ1v) is 6.27. The summed E-state index contributed by atoms with van der Waals surface area (Å²) >= 11 is 5.36. The summed E-state index contributed by atoms with van der Waals surface area (Å²) in [7, 11) is 0. The second-order valence-corrected chi connectivity index (χ2v) is 4.11. The predicted octanol–water partition coefficient (Wildman–Crippen LogP) is 2.57. The first-order chi connectivity index (χ1) is 8.79. The number of ether oxygens (including phenoxy) is 1. The molecule has 0 radical (unpaired) electrons. The molecule has 0 aliphatic rings. The van der Waals surface area contributed by atoms with Crippen molar-refractivity contribution in [1.82, 2.24) is 5.32 Å². The standard InChI is InChI=1S/C14H14ClNO2/c15-10-14(17)16-7-8-18-13-6-5-11-3-1-2-4-12(11)9-13/h1-6,9H,7-8,10H2,(H,16,17). The van der Waals surface area contributed by atoms with Crippen molar-refractivity contribution >= 4 is 28.3 Å². The van der Waals surface area contributed by atoms with Gasteiger partial charge in [0.25, 0.3) is 0 Å². The van der Waals surface area contributed by atoms with Gasteiger partial charge >= 0.3 is 0 Å². The third kappa shape index (κ3) is 3.37. The fraction of sp³-hybridized carbons (Fsp3) is 0.214. The van der Waals surface area contributed by atoms with Crippen LogP contribution in [-0.4, -0.2) is 24.9 Å². The quantitative estimate of drug-likeness (QED) is 0.665. The number of hydrogen-bond acceptors (Lipinski definition) is 2. The van der Waals surface area contributed by atoms with Gasteiger partial charge in [-0.25, -0.2) is 0 Å². The summed E-state index contributed by atoms with van der Waals surface area (Å²) in [6.07, 6.45) is 0. The molecule has 0 aliphatic carbocycles. The second kappa shape index (κ2) is 6.26. The van der Waals surface area contributed by atoms with Gasteiger partial charge in [0.2, 0.25) is 5.91 Å². The maximum absolute atomic E-state index is 10.9. The van der Waals surface area contributed by atoms with E-state index in [1.807, 2.05) is 36.4 Å². The third-order valence-corrected chi connectivity index (χ3v) is 2.78. The Morgan fingerprint density at radius 1 is 1.17 bits per heavy atom. The monoisotopic (exact) mass is 263 g/mol. The zero-order valence-corrected chi connectivity index (χ0v) is 10.6. The summed E-state index contributed by atoms with van der Waals surface area (Å²) in [6.45, 7) is 0.888. The smallest absolute Gasteiger partial charge is 0.235 e. The van der Waals surface area contributed by atoms with E-state index in [0.717, 1.165) is 11.1 Å². The molecule has 0 heterocycles. The molecule has 0 aliphatic heterocycles. The molecule has 2 aromatic carbocycles. The van der Waals surface area contributed by atoms with Crippen molar-refractivity contribution in [2.75, 3.05) is 19.0 Å². The number of benzene rings is 2. The Kier molecular flexibility index (Phi) is 4.42. The Morgan fingerprint density at radius 3 is 2.72 bits per heavy atom. The molecular formula is C14H14ClNO2. The molecule has 0 spiro atoms. The van der Waals surface area contributed by atoms with Gasteiger partial charge in [-0.1, -0.05) is 30.3 Å². The minimum absolute atomic E-state index is 0.0179. The van der Waals surface area contributed by atoms with Crippen molar-refractivity contribution in [3.05, 3.63) is 42.5 Å². The number of hydrogen-bond donors (Lipinski definition) is 1. The minimum atomic E-state index is -0.182. The lowest BCUT2D eigenvalue weighted by molar-refractivity contribution is -0.118. The molecular weight excluding hydrogens is 250 g/mol. The Labute approximate surface area is 111 Å². The lowest BCUT2D eigenvalue weighted by atomic mass is 10.1. The average Bonchev–Trinajstić information content (AvgIpc) is 2.43. The van der Waals surface area contributed by atoms with Crippen LogP contribution in [0.15, 0.2) is 42.5 Å². The van der Waals surface area contributed by atoms with E-state index < -0.39 is 0 Å². The SMILES string of the molecule is O=C(CCl)NCCOc1ccc2ccccc2c1. The van der Waals surface area contributed by atoms with Crippen LogP contribution in [0, 0.1) is 0 Å². The summed E-state index contributed by atoms with van der Waals surface area (Å²) in [5.41, 5.74) is 0. The van der Waals surface area contributed by atoms with Crippen molar-refractivity contribution in [2.45, 2.75) is 0 Å². The molecule has 2 rings (SSSR count). The first-order valence-electron chi connectivity index (χ1n) is 5.74. The molecule has 0 aromatic heterocycles. The number of carbonyl (C=O) groups excluding carboxylic acids is 1. The number of amides is 1. The van der Waals surface area contributed by atoms with E-state index in [4.69, 9.17) is 16.3 Å². The maximum Gasteiger partial charge on any atom is 0.235 e. The van der Waals surface area contributed by atoms with Crippen molar-refractivity contribution in [3.8, 4) is 5.75 Å². The number of alkyl halides is 1. The highest BCUT2D eigenvalue weighted by Gasteiger charge is 1.99. The molecule has 1 N–H and O–H groups in total. The highest BCUT2D eigenvalue weighted by Crippen LogP contribution is 2.20. The lowest BCUT2D eigenvalue weighted by Crippen LogP contribution is -2.28. The summed E-state index contributed by atoms with van der Waals surface area (Å²) in [5.74, 6) is 0.600. The van der Waals surface area contributed by atoms with Crippen molar-refractivity contribution in [1.29, 1.82) is 0 Å². The lowest BCUT2D eigenvalue weighted by Gasteiger charge is -2.07. The van der Waals surface area contributed by atoms with Crippen LogP contribution in [0.1, 0.15) is 0 Å². The van der Waals surface area contributed by atoms with Crippen LogP contribution in [0.4, 0.5) is 0 Å². The van der Waals surface area contributed by atoms with Crippen LogP contribution >= 0.6 is 11.6 Å². The first kappa shape index (κ1) is 12.7. The zero-order valence-electron chi connectivity index (χ0n) is 9.86. The molecule has 1 amide bonds. The van der Waals surface area contributed by atoms with Gasteiger partial charge in [0.05, 0.1) is 6.54 Å². The largest absolute Gasteiger partial charge is 0.492 e. The fourth-order valence-corrected chi connectivity index (χ4v) is 1.76. The summed E-state index contributed by atoms with van der Waals surface area (Å²) < 4.78 is 5.55. The van der Waals surface area contributed by atoms with Crippen molar-refractivity contribution in [2.24, 2.45) is 0 Å². The van der Waals surface area contributed by atoms with Crippen LogP contribution in [-0.2, 0) is 4.79 Å². The molecule has 0 unspecified atom stereocenters. The van der Waals surface area contributed by atoms with E-state index in [1.54, 1.807) is 0 Å². The van der Waals surface area contributed by atoms with Crippen LogP contribution < -0.4 is 10.1 Å². The van der Waals surface area contributed by atoms with Gasteiger partial charge < -0.3 is 10.1 Å². The van der Waals surface area contributed by atoms with Gasteiger partial charge in [-0.05, 0) is 22.9 Å². The second-order valence-electron chi connectivity index (χ2n) is 3.84. The van der Waals surface area contributed by atoms with Crippen LogP contribution in [0.3, 0.4) is 0 Å². The predicted molar refractivity (Wildman–Crippen MR) is 73.2 cm³/mol. The van der Waals surface area contributed by atoms with Gasteiger partial charge in [-0.2, -0.15) is 0 Å². The van der Waals surface area contributed by atoms with Gasteiger partial charge in [-0.3, -0.25) is 4.79 Å². The topological polar surface area (TPSA) is 38.3 Å². The molecule has 0 bridgehead atoms. The zero-order chi connectivity index (χ0) is 12.8. The van der Waals surface area contributed by atoms with E-state index in [1.165, 1.54) is 5.39 Å². The van der Waals surface area contributed by atoms with E-state index in [2.05, 4.69) is 11.4 Å². The highest BCUT2D eigenvalue weighted by atomic mass is 35.5. The Bertz CT molecular complexity index is 542. The Hall–Kier alpha value is -1.74. The van der Waals surface area contributed by atoms with Gasteiger partial charge in [0.1, 0.15) is 18.2 Å². The van der Waals surface area contributed by atoms with E-state index in [9.17, 15) is 4.79 Å². The molecule has 0 atom stereocenters. The van der Waals surface area contributed by atoms with Gasteiger partial charge in [-0.15, -0.1) is 11.6 Å². The van der Waals surface area contributed by atoms with E-state index >= 15 is 0 Å². The van der Waals surface area contributed by atoms with Crippen LogP contribution in [0.5, 0.6) is 5.75 Å². The summed E-state index contributed by atoms with van der Waals surface area (Å²) in [5, 5.41) is 4.96. The van der Waals surface area contributed by atoms with Crippen LogP contribution in [0.2, 0.25) is 0 Å². The fourth-order valence-electron chi connectivity index (χ4n) is 1.66. The van der Waals surface area contributed by atoms with Crippen LogP contribution in [0.25, 0.3) is 10.8 Å². The minimum Gasteiger partial charge on any atom is -0.492 e. The summed E-state index contributed by atoms with van der Waals surface area (Å²) in [6, 6.07) is 14.0. The number of halogens is 1.